The summed E-state index contributed by atoms with van der Waals surface area (Å²) >= 11 is 1.22. The topological polar surface area (TPSA) is 197 Å². The standard InChI is InChI=1S/C31H40FN7O6S2/c1-19(2)18-24(38-31(42)45-20-13-16-39(17-14-20)47(43,44)26-12-6-3-8-21(26)32)28(41)36-23(10-7-15-35-30(33)34)27(40)29-37-22-9-4-5-11-25(22)46-29/h3-6,8-9,11-12,19-20,23-24H,7,10,13-18H2,1-2H3,(H,36,41)(H,38,42)(H4,33,34,35)/t23-,24-/m0/s1. The molecule has 0 radical (unpaired) electrons. The summed E-state index contributed by atoms with van der Waals surface area (Å²) < 4.78 is 47.6. The van der Waals surface area contributed by atoms with E-state index < -0.39 is 50.9 Å². The Morgan fingerprint density at radius 2 is 1.77 bits per heavy atom. The van der Waals surface area contributed by atoms with Crippen molar-refractivity contribution in [1.82, 2.24) is 25.2 Å². The maximum Gasteiger partial charge on any atom is 0.408 e. The first kappa shape index (κ1) is 35.7. The van der Waals surface area contributed by atoms with E-state index in [1.54, 1.807) is 6.07 Å². The van der Waals surface area contributed by atoms with Gasteiger partial charge in [0, 0.05) is 19.6 Å². The third kappa shape index (κ3) is 9.68. The molecule has 1 aliphatic heterocycles. The smallest absolute Gasteiger partial charge is 0.408 e. The molecule has 254 valence electrons. The molecule has 16 heteroatoms. The highest BCUT2D eigenvalue weighted by molar-refractivity contribution is 7.89. The Labute approximate surface area is 277 Å². The predicted octanol–water partition coefficient (Wildman–Crippen LogP) is 3.36. The van der Waals surface area contributed by atoms with Crippen molar-refractivity contribution in [2.24, 2.45) is 11.7 Å². The Hall–Kier alpha value is -4.15. The molecule has 6 N–H and O–H groups in total. The fourth-order valence-electron chi connectivity index (χ4n) is 5.21. The number of ketones is 1. The van der Waals surface area contributed by atoms with Gasteiger partial charge in [0.2, 0.25) is 21.7 Å². The van der Waals surface area contributed by atoms with Crippen LogP contribution in [0.25, 0.3) is 10.2 Å². The Kier molecular flexibility index (Phi) is 12.2. The predicted molar refractivity (Wildman–Crippen MR) is 176 cm³/mol. The summed E-state index contributed by atoms with van der Waals surface area (Å²) in [6.45, 7) is 4.14. The number of sulfonamides is 1. The average molecular weight is 690 g/mol. The highest BCUT2D eigenvalue weighted by atomic mass is 32.2. The van der Waals surface area contributed by atoms with Crippen LogP contribution in [0.1, 0.15) is 55.8 Å². The van der Waals surface area contributed by atoms with Crippen molar-refractivity contribution in [2.45, 2.75) is 69.0 Å². The number of amides is 2. The van der Waals surface area contributed by atoms with Crippen molar-refractivity contribution < 1.29 is 31.9 Å². The fourth-order valence-corrected chi connectivity index (χ4v) is 7.71. The normalized spacial score (nSPS) is 15.6. The third-order valence-electron chi connectivity index (χ3n) is 7.57. The van der Waals surface area contributed by atoms with Crippen LogP contribution in [0.15, 0.2) is 53.4 Å². The average Bonchev–Trinajstić information content (AvgIpc) is 3.46. The van der Waals surface area contributed by atoms with Crippen LogP contribution in [0, 0.1) is 17.1 Å². The number of carbonyl (C=O) groups is 3. The Morgan fingerprint density at radius 1 is 1.09 bits per heavy atom. The van der Waals surface area contributed by atoms with Crippen LogP contribution < -0.4 is 21.7 Å². The molecule has 0 saturated carbocycles. The lowest BCUT2D eigenvalue weighted by molar-refractivity contribution is -0.124. The van der Waals surface area contributed by atoms with Gasteiger partial charge in [-0.3, -0.25) is 15.0 Å². The molecular formula is C31H40FN7O6S2. The van der Waals surface area contributed by atoms with Gasteiger partial charge in [-0.15, -0.1) is 11.3 Å². The molecule has 4 rings (SSSR count). The van der Waals surface area contributed by atoms with E-state index in [0.29, 0.717) is 18.5 Å². The zero-order valence-corrected chi connectivity index (χ0v) is 27.8. The number of fused-ring (bicyclic) bond motifs is 1. The molecule has 1 aromatic heterocycles. The first-order valence-electron chi connectivity index (χ1n) is 15.3. The summed E-state index contributed by atoms with van der Waals surface area (Å²) in [5.74, 6) is -1.99. The Morgan fingerprint density at radius 3 is 2.43 bits per heavy atom. The number of alkyl carbamates (subject to hydrolysis) is 1. The zero-order chi connectivity index (χ0) is 34.1. The van der Waals surface area contributed by atoms with E-state index in [4.69, 9.17) is 15.9 Å². The van der Waals surface area contributed by atoms with E-state index in [9.17, 15) is 27.2 Å². The van der Waals surface area contributed by atoms with Crippen molar-refractivity contribution in [3.63, 3.8) is 0 Å². The van der Waals surface area contributed by atoms with Crippen LogP contribution in [0.2, 0.25) is 0 Å². The Bertz CT molecular complexity index is 1660. The molecule has 0 spiro atoms. The summed E-state index contributed by atoms with van der Waals surface area (Å²) in [6.07, 6.45) is -0.184. The highest BCUT2D eigenvalue weighted by Gasteiger charge is 2.34. The first-order chi connectivity index (χ1) is 22.3. The molecule has 13 nitrogen and oxygen atoms in total. The molecular weight excluding hydrogens is 650 g/mol. The van der Waals surface area contributed by atoms with Gasteiger partial charge in [0.1, 0.15) is 22.9 Å². The maximum absolute atomic E-state index is 14.2. The number of rotatable bonds is 14. The van der Waals surface area contributed by atoms with E-state index in [0.717, 1.165) is 15.1 Å². The number of para-hydroxylation sites is 1. The fraction of sp³-hybridized carbons (Fsp3) is 0.452. The second-order valence-electron chi connectivity index (χ2n) is 11.7. The number of nitrogens with one attached hydrogen (secondary N) is 4. The van der Waals surface area contributed by atoms with Crippen molar-refractivity contribution in [3.8, 4) is 0 Å². The number of Topliss-reactive ketones (excluding diaryl/α,β-unsaturated/α-hetero) is 1. The number of guanidine groups is 1. The molecule has 1 saturated heterocycles. The minimum absolute atomic E-state index is 0.00365. The third-order valence-corrected chi connectivity index (χ3v) is 10.6. The molecule has 2 atom stereocenters. The van der Waals surface area contributed by atoms with Crippen molar-refractivity contribution in [3.05, 3.63) is 59.4 Å². The van der Waals surface area contributed by atoms with E-state index in [1.807, 2.05) is 32.0 Å². The molecule has 0 unspecified atom stereocenters. The van der Waals surface area contributed by atoms with Crippen LogP contribution in [0.5, 0.6) is 0 Å². The summed E-state index contributed by atoms with van der Waals surface area (Å²) in [5, 5.41) is 15.7. The second kappa shape index (κ2) is 16.1. The number of hydrogen-bond acceptors (Lipinski definition) is 9. The van der Waals surface area contributed by atoms with Crippen LogP contribution in [0.4, 0.5) is 9.18 Å². The summed E-state index contributed by atoms with van der Waals surface area (Å²) in [7, 11) is -4.05. The number of piperidine rings is 1. The van der Waals surface area contributed by atoms with Crippen molar-refractivity contribution in [1.29, 1.82) is 5.41 Å². The van der Waals surface area contributed by atoms with Crippen molar-refractivity contribution in [2.75, 3.05) is 19.6 Å². The molecule has 47 heavy (non-hydrogen) atoms. The number of ether oxygens (including phenoxy) is 1. The van der Waals surface area contributed by atoms with E-state index in [1.165, 1.54) is 29.5 Å². The molecule has 0 bridgehead atoms. The summed E-state index contributed by atoms with van der Waals surface area (Å²) in [5.41, 5.74) is 6.04. The molecule has 2 amide bonds. The lowest BCUT2D eigenvalue weighted by Gasteiger charge is -2.31. The van der Waals surface area contributed by atoms with Crippen LogP contribution in [-0.4, -0.2) is 79.3 Å². The van der Waals surface area contributed by atoms with Crippen LogP contribution in [-0.2, 0) is 19.6 Å². The van der Waals surface area contributed by atoms with Gasteiger partial charge < -0.3 is 26.4 Å². The van der Waals surface area contributed by atoms with Gasteiger partial charge in [-0.05, 0) is 62.3 Å². The van der Waals surface area contributed by atoms with E-state index in [-0.39, 0.29) is 61.4 Å². The lowest BCUT2D eigenvalue weighted by atomic mass is 10.0. The number of aromatic nitrogens is 1. The number of carbonyl (C=O) groups excluding carboxylic acids is 3. The first-order valence-corrected chi connectivity index (χ1v) is 17.6. The van der Waals surface area contributed by atoms with Gasteiger partial charge in [0.15, 0.2) is 11.0 Å². The number of thiazole rings is 1. The maximum atomic E-state index is 14.2. The van der Waals surface area contributed by atoms with Gasteiger partial charge in [-0.1, -0.05) is 38.1 Å². The SMILES string of the molecule is CC(C)C[C@H](NC(=O)OC1CCN(S(=O)(=O)c2ccccc2F)CC1)C(=O)N[C@@H](CCCNC(=N)N)C(=O)c1nc2ccccc2s1. The number of nitrogens with zero attached hydrogens (tertiary/aromatic N) is 2. The van der Waals surface area contributed by atoms with Gasteiger partial charge >= 0.3 is 6.09 Å². The Balaban J connectivity index is 1.39. The van der Waals surface area contributed by atoms with Gasteiger partial charge in [-0.25, -0.2) is 22.6 Å². The quantitative estimate of drug-likeness (QED) is 0.0730. The number of halogens is 1. The molecule has 3 aromatic rings. The summed E-state index contributed by atoms with van der Waals surface area (Å²) in [4.78, 5) is 44.1. The van der Waals surface area contributed by atoms with Gasteiger partial charge in [-0.2, -0.15) is 4.31 Å². The molecule has 0 aliphatic carbocycles. The van der Waals surface area contributed by atoms with E-state index in [2.05, 4.69) is 20.9 Å². The molecule has 1 fully saturated rings. The molecule has 2 heterocycles. The highest BCUT2D eigenvalue weighted by Crippen LogP contribution is 2.25. The van der Waals surface area contributed by atoms with Gasteiger partial charge in [0.05, 0.1) is 16.3 Å². The monoisotopic (exact) mass is 689 g/mol. The zero-order valence-electron chi connectivity index (χ0n) is 26.2. The lowest BCUT2D eigenvalue weighted by Crippen LogP contribution is -2.53. The van der Waals surface area contributed by atoms with Gasteiger partial charge in [0.25, 0.3) is 0 Å². The number of hydrogen-bond donors (Lipinski definition) is 5. The molecule has 1 aliphatic rings. The van der Waals surface area contributed by atoms with Crippen LogP contribution in [0.3, 0.4) is 0 Å². The van der Waals surface area contributed by atoms with Crippen LogP contribution >= 0.6 is 11.3 Å². The van der Waals surface area contributed by atoms with Crippen molar-refractivity contribution >= 4 is 55.3 Å². The summed E-state index contributed by atoms with van der Waals surface area (Å²) in [6, 6.07) is 10.5. The van der Waals surface area contributed by atoms with E-state index >= 15 is 0 Å². The minimum Gasteiger partial charge on any atom is -0.446 e. The largest absolute Gasteiger partial charge is 0.446 e. The molecule has 2 aromatic carbocycles. The minimum atomic E-state index is -4.05. The number of benzene rings is 2. The number of nitrogens with two attached hydrogens (primary N) is 1. The second-order valence-corrected chi connectivity index (χ2v) is 14.6.